The number of fused-ring (bicyclic) bond motifs is 5. The van der Waals surface area contributed by atoms with E-state index < -0.39 is 11.9 Å². The Balaban J connectivity index is 1.35. The molecule has 0 saturated carbocycles. The van der Waals surface area contributed by atoms with E-state index in [1.165, 1.54) is 12.1 Å². The third-order valence-electron chi connectivity index (χ3n) is 7.17. The highest BCUT2D eigenvalue weighted by molar-refractivity contribution is 8.05. The third kappa shape index (κ3) is 3.69. The Morgan fingerprint density at radius 2 is 1.05 bits per heavy atom. The van der Waals surface area contributed by atoms with Crippen LogP contribution in [0.5, 0.6) is 0 Å². The summed E-state index contributed by atoms with van der Waals surface area (Å²) in [6.07, 6.45) is 0. The molecule has 0 bridgehead atoms. The van der Waals surface area contributed by atoms with Crippen molar-refractivity contribution in [2.24, 2.45) is 0 Å². The van der Waals surface area contributed by atoms with Crippen LogP contribution in [0.3, 0.4) is 0 Å². The molecule has 7 aromatic rings. The van der Waals surface area contributed by atoms with E-state index in [4.69, 9.17) is 9.97 Å². The molecule has 0 saturated heterocycles. The Bertz CT molecular complexity index is 2110. The van der Waals surface area contributed by atoms with Gasteiger partial charge in [-0.05, 0) is 69.1 Å². The van der Waals surface area contributed by atoms with Crippen LogP contribution >= 0.6 is 23.5 Å². The van der Waals surface area contributed by atoms with Crippen molar-refractivity contribution in [2.45, 2.75) is 19.8 Å². The molecule has 0 atom stereocenters. The van der Waals surface area contributed by atoms with E-state index in [-0.39, 0.29) is 5.56 Å². The van der Waals surface area contributed by atoms with E-state index in [1.807, 2.05) is 60.7 Å². The van der Waals surface area contributed by atoms with Gasteiger partial charge in [0, 0.05) is 20.9 Å². The molecule has 0 fully saturated rings. The number of pyridine rings is 1. The van der Waals surface area contributed by atoms with Crippen LogP contribution < -0.4 is 0 Å². The second kappa shape index (κ2) is 9.11. The highest BCUT2D eigenvalue weighted by Gasteiger charge is 2.23. The van der Waals surface area contributed by atoms with Gasteiger partial charge < -0.3 is 0 Å². The Morgan fingerprint density at radius 1 is 0.500 bits per heavy atom. The molecule has 7 heteroatoms. The molecule has 2 aromatic heterocycles. The maximum absolute atomic E-state index is 15.1. The molecule has 0 unspecified atom stereocenters. The zero-order valence-electron chi connectivity index (χ0n) is 20.7. The van der Waals surface area contributed by atoms with E-state index >= 15 is 4.39 Å². The first kappa shape index (κ1) is 23.5. The zero-order chi connectivity index (χ0) is 26.8. The van der Waals surface area contributed by atoms with Gasteiger partial charge in [-0.25, -0.2) is 9.97 Å². The first-order chi connectivity index (χ1) is 19.6. The van der Waals surface area contributed by atoms with Crippen LogP contribution in [-0.2, 0) is 0 Å². The zero-order valence-corrected chi connectivity index (χ0v) is 22.4. The van der Waals surface area contributed by atoms with Crippen LogP contribution in [0.25, 0.3) is 54.8 Å². The molecule has 1 aliphatic rings. The predicted molar refractivity (Wildman–Crippen MR) is 158 cm³/mol. The molecule has 0 aliphatic carbocycles. The van der Waals surface area contributed by atoms with Crippen LogP contribution in [0, 0.1) is 11.9 Å². The van der Waals surface area contributed by atoms with Gasteiger partial charge in [0.25, 0.3) is 0 Å². The number of aromatic nitrogens is 3. The lowest BCUT2D eigenvalue weighted by Crippen LogP contribution is -1.98. The standard InChI is InChI=1S/C33H17F2N3S2/c34-28-16-14-23(31(35)38-28)30-21-9-3-1-7-19(21)29(20-8-2-4-10-22(20)30)18-13-15-26-27(17-18)40-33-32(39-26)36-24-11-5-6-12-25(24)37-33/h1-17H. The topological polar surface area (TPSA) is 38.7 Å². The minimum atomic E-state index is -0.838. The number of benzene rings is 5. The maximum atomic E-state index is 15.1. The summed E-state index contributed by atoms with van der Waals surface area (Å²) in [7, 11) is 0. The monoisotopic (exact) mass is 557 g/mol. The summed E-state index contributed by atoms with van der Waals surface area (Å²) < 4.78 is 28.8. The van der Waals surface area contributed by atoms with Gasteiger partial charge in [-0.2, -0.15) is 13.8 Å². The summed E-state index contributed by atoms with van der Waals surface area (Å²) in [6, 6.07) is 33.1. The molecular formula is C33H17F2N3S2. The summed E-state index contributed by atoms with van der Waals surface area (Å²) in [5.74, 6) is -1.66. The fourth-order valence-electron chi connectivity index (χ4n) is 5.46. The lowest BCUT2D eigenvalue weighted by atomic mass is 9.86. The predicted octanol–water partition coefficient (Wildman–Crippen LogP) is 9.56. The van der Waals surface area contributed by atoms with Gasteiger partial charge in [0.05, 0.1) is 11.0 Å². The van der Waals surface area contributed by atoms with Crippen molar-refractivity contribution in [2.75, 3.05) is 0 Å². The lowest BCUT2D eigenvalue weighted by Gasteiger charge is -2.20. The van der Waals surface area contributed by atoms with Crippen LogP contribution in [0.4, 0.5) is 8.78 Å². The average Bonchev–Trinajstić information content (AvgIpc) is 2.98. The largest absolute Gasteiger partial charge is 0.237 e. The summed E-state index contributed by atoms with van der Waals surface area (Å²) >= 11 is 3.27. The summed E-state index contributed by atoms with van der Waals surface area (Å²) in [5.41, 5.74) is 4.87. The fraction of sp³-hybridized carbons (Fsp3) is 0. The second-order valence-electron chi connectivity index (χ2n) is 9.50. The van der Waals surface area contributed by atoms with E-state index in [9.17, 15) is 4.39 Å². The number of hydrogen-bond donors (Lipinski definition) is 0. The molecule has 1 aliphatic heterocycles. The first-order valence-corrected chi connectivity index (χ1v) is 14.3. The highest BCUT2D eigenvalue weighted by Crippen LogP contribution is 2.50. The fourth-order valence-corrected chi connectivity index (χ4v) is 7.59. The average molecular weight is 558 g/mol. The van der Waals surface area contributed by atoms with E-state index in [2.05, 4.69) is 35.3 Å². The third-order valence-corrected chi connectivity index (χ3v) is 9.52. The Kier molecular flexibility index (Phi) is 5.37. The van der Waals surface area contributed by atoms with Crippen molar-refractivity contribution < 1.29 is 8.78 Å². The van der Waals surface area contributed by atoms with Crippen LogP contribution in [0.1, 0.15) is 0 Å². The van der Waals surface area contributed by atoms with Gasteiger partial charge >= 0.3 is 0 Å². The quantitative estimate of drug-likeness (QED) is 0.156. The number of nitrogens with zero attached hydrogens (tertiary/aromatic N) is 3. The number of rotatable bonds is 2. The molecule has 0 amide bonds. The van der Waals surface area contributed by atoms with E-state index in [0.717, 1.165) is 63.5 Å². The molecule has 5 aromatic carbocycles. The molecule has 190 valence electrons. The summed E-state index contributed by atoms with van der Waals surface area (Å²) in [5, 5.41) is 5.55. The SMILES string of the molecule is Fc1ccc(-c2c3ccccc3c(-c3ccc4c(c3)Sc3nc5ccccc5nc3S4)c3ccccc23)c(F)n1. The van der Waals surface area contributed by atoms with Gasteiger partial charge in [-0.15, -0.1) is 0 Å². The van der Waals surface area contributed by atoms with Gasteiger partial charge in [-0.1, -0.05) is 90.3 Å². The molecule has 0 radical (unpaired) electrons. The normalized spacial score (nSPS) is 12.6. The van der Waals surface area contributed by atoms with Crippen LogP contribution in [0.15, 0.2) is 123 Å². The van der Waals surface area contributed by atoms with E-state index in [0.29, 0.717) is 5.56 Å². The van der Waals surface area contributed by atoms with Crippen molar-refractivity contribution in [3.63, 3.8) is 0 Å². The van der Waals surface area contributed by atoms with Gasteiger partial charge in [0.2, 0.25) is 11.9 Å². The Morgan fingerprint density at radius 3 is 1.65 bits per heavy atom. The summed E-state index contributed by atoms with van der Waals surface area (Å²) in [4.78, 5) is 15.5. The smallest absolute Gasteiger partial charge is 0.223 e. The Hall–Kier alpha value is -4.33. The number of para-hydroxylation sites is 2. The van der Waals surface area contributed by atoms with Crippen LogP contribution in [0.2, 0.25) is 0 Å². The Labute approximate surface area is 236 Å². The van der Waals surface area contributed by atoms with Gasteiger partial charge in [0.1, 0.15) is 10.1 Å². The molecule has 40 heavy (non-hydrogen) atoms. The van der Waals surface area contributed by atoms with Crippen molar-refractivity contribution in [3.05, 3.63) is 115 Å². The van der Waals surface area contributed by atoms with Crippen molar-refractivity contribution >= 4 is 56.1 Å². The van der Waals surface area contributed by atoms with Crippen molar-refractivity contribution in [3.8, 4) is 22.3 Å². The number of halogens is 2. The van der Waals surface area contributed by atoms with Crippen molar-refractivity contribution in [1.82, 2.24) is 15.0 Å². The molecule has 0 spiro atoms. The molecular weight excluding hydrogens is 541 g/mol. The van der Waals surface area contributed by atoms with Crippen LogP contribution in [-0.4, -0.2) is 15.0 Å². The van der Waals surface area contributed by atoms with E-state index in [1.54, 1.807) is 23.5 Å². The maximum Gasteiger partial charge on any atom is 0.223 e. The van der Waals surface area contributed by atoms with Gasteiger partial charge in [-0.3, -0.25) is 0 Å². The minimum absolute atomic E-state index is 0.278. The minimum Gasteiger partial charge on any atom is -0.237 e. The highest BCUT2D eigenvalue weighted by atomic mass is 32.2. The summed E-state index contributed by atoms with van der Waals surface area (Å²) in [6.45, 7) is 0. The van der Waals surface area contributed by atoms with Gasteiger partial charge in [0.15, 0.2) is 0 Å². The second-order valence-corrected chi connectivity index (χ2v) is 11.6. The van der Waals surface area contributed by atoms with Crippen molar-refractivity contribution in [1.29, 1.82) is 0 Å². The first-order valence-electron chi connectivity index (χ1n) is 12.7. The molecule has 8 rings (SSSR count). The number of hydrogen-bond acceptors (Lipinski definition) is 5. The molecule has 3 heterocycles. The molecule has 0 N–H and O–H groups in total. The molecule has 3 nitrogen and oxygen atoms in total. The lowest BCUT2D eigenvalue weighted by molar-refractivity contribution is 0.515.